The Morgan fingerprint density at radius 1 is 1.33 bits per heavy atom. The molecule has 3 nitrogen and oxygen atoms in total. The smallest absolute Gasteiger partial charge is 0.119 e. The third kappa shape index (κ3) is 4.82. The maximum Gasteiger partial charge on any atom is 0.119 e. The van der Waals surface area contributed by atoms with Crippen LogP contribution in [0.5, 0.6) is 5.75 Å². The van der Waals surface area contributed by atoms with Gasteiger partial charge in [0.1, 0.15) is 5.75 Å². The topological polar surface area (TPSA) is 38.3 Å². The first kappa shape index (κ1) is 16.5. The summed E-state index contributed by atoms with van der Waals surface area (Å²) >= 11 is 0. The van der Waals surface area contributed by atoms with Crippen LogP contribution in [0, 0.1) is 0 Å². The summed E-state index contributed by atoms with van der Waals surface area (Å²) in [6, 6.07) is 8.24. The van der Waals surface area contributed by atoms with Gasteiger partial charge in [0.25, 0.3) is 0 Å². The number of nitrogens with one attached hydrogen (secondary N) is 1. The second kappa shape index (κ2) is 8.54. The van der Waals surface area contributed by atoms with Crippen molar-refractivity contribution in [3.05, 3.63) is 29.8 Å². The van der Waals surface area contributed by atoms with Crippen LogP contribution >= 0.6 is 0 Å². The lowest BCUT2D eigenvalue weighted by Gasteiger charge is -2.25. The fourth-order valence-corrected chi connectivity index (χ4v) is 4.78. The number of benzene rings is 1. The summed E-state index contributed by atoms with van der Waals surface area (Å²) in [6.07, 6.45) is 6.04. The Bertz CT molecular complexity index is 458. The highest BCUT2D eigenvalue weighted by molar-refractivity contribution is 7.85. The summed E-state index contributed by atoms with van der Waals surface area (Å²) < 4.78 is 18.0. The Balaban J connectivity index is 2.05. The Labute approximate surface area is 130 Å². The van der Waals surface area contributed by atoms with Crippen LogP contribution in [0.3, 0.4) is 0 Å². The lowest BCUT2D eigenvalue weighted by molar-refractivity contribution is 0.413. The molecule has 0 amide bonds. The van der Waals surface area contributed by atoms with Crippen molar-refractivity contribution in [3.8, 4) is 5.75 Å². The molecule has 21 heavy (non-hydrogen) atoms. The van der Waals surface area contributed by atoms with Crippen LogP contribution < -0.4 is 10.1 Å². The Kier molecular flexibility index (Phi) is 6.71. The first-order valence-corrected chi connectivity index (χ1v) is 9.37. The molecule has 0 spiro atoms. The highest BCUT2D eigenvalue weighted by Crippen LogP contribution is 2.26. The molecule has 0 bridgehead atoms. The van der Waals surface area contributed by atoms with Crippen molar-refractivity contribution in [2.24, 2.45) is 0 Å². The van der Waals surface area contributed by atoms with E-state index in [0.717, 1.165) is 25.1 Å². The Hall–Kier alpha value is -0.870. The van der Waals surface area contributed by atoms with E-state index >= 15 is 0 Å². The zero-order valence-corrected chi connectivity index (χ0v) is 14.0. The summed E-state index contributed by atoms with van der Waals surface area (Å²) in [5.74, 6) is 1.56. The van der Waals surface area contributed by atoms with E-state index in [2.05, 4.69) is 18.3 Å². The molecule has 1 saturated carbocycles. The molecule has 0 saturated heterocycles. The molecule has 4 heteroatoms. The monoisotopic (exact) mass is 309 g/mol. The van der Waals surface area contributed by atoms with Gasteiger partial charge in [-0.1, -0.05) is 38.3 Å². The molecule has 1 aromatic carbocycles. The van der Waals surface area contributed by atoms with Crippen LogP contribution in [0.1, 0.15) is 50.6 Å². The number of ether oxygens (including phenoxy) is 1. The highest BCUT2D eigenvalue weighted by atomic mass is 32.2. The second-order valence-electron chi connectivity index (χ2n) is 5.69. The summed E-state index contributed by atoms with van der Waals surface area (Å²) in [4.78, 5) is 0. The highest BCUT2D eigenvalue weighted by Gasteiger charge is 2.23. The van der Waals surface area contributed by atoms with Crippen LogP contribution in [-0.2, 0) is 10.8 Å². The molecule has 1 aliphatic carbocycles. The van der Waals surface area contributed by atoms with Crippen molar-refractivity contribution in [3.63, 3.8) is 0 Å². The number of rotatable bonds is 7. The molecule has 2 rings (SSSR count). The molecular weight excluding hydrogens is 282 g/mol. The minimum absolute atomic E-state index is 0.146. The third-order valence-corrected chi connectivity index (χ3v) is 6.08. The van der Waals surface area contributed by atoms with Gasteiger partial charge in [0.15, 0.2) is 0 Å². The molecule has 1 fully saturated rings. The van der Waals surface area contributed by atoms with Crippen LogP contribution in [0.15, 0.2) is 24.3 Å². The summed E-state index contributed by atoms with van der Waals surface area (Å²) in [5.41, 5.74) is 1.17. The lowest BCUT2D eigenvalue weighted by atomic mass is 10.0. The zero-order valence-electron chi connectivity index (χ0n) is 13.1. The molecule has 2 atom stereocenters. The van der Waals surface area contributed by atoms with E-state index in [4.69, 9.17) is 4.74 Å². The largest absolute Gasteiger partial charge is 0.497 e. The van der Waals surface area contributed by atoms with Gasteiger partial charge in [-0.05, 0) is 37.1 Å². The maximum atomic E-state index is 12.7. The van der Waals surface area contributed by atoms with Gasteiger partial charge in [0.05, 0.1) is 7.11 Å². The molecule has 118 valence electrons. The SMILES string of the molecule is CCNC(CS(=O)C1CCCCC1)c1cccc(OC)c1. The van der Waals surface area contributed by atoms with Crippen molar-refractivity contribution in [2.75, 3.05) is 19.4 Å². The normalized spacial score (nSPS) is 19.1. The molecule has 2 unspecified atom stereocenters. The van der Waals surface area contributed by atoms with E-state index in [0.29, 0.717) is 11.0 Å². The van der Waals surface area contributed by atoms with E-state index in [1.165, 1.54) is 24.8 Å². The van der Waals surface area contributed by atoms with Crippen molar-refractivity contribution >= 4 is 10.8 Å². The average Bonchev–Trinajstić information content (AvgIpc) is 2.55. The van der Waals surface area contributed by atoms with Crippen molar-refractivity contribution < 1.29 is 8.95 Å². The molecule has 0 heterocycles. The predicted octanol–water partition coefficient (Wildman–Crippen LogP) is 3.43. The standard InChI is InChI=1S/C17H27NO2S/c1-3-18-17(14-8-7-9-15(12-14)20-2)13-21(19)16-10-5-4-6-11-16/h7-9,12,16-18H,3-6,10-11,13H2,1-2H3. The van der Waals surface area contributed by atoms with Crippen molar-refractivity contribution in [1.29, 1.82) is 0 Å². The van der Waals surface area contributed by atoms with E-state index in [-0.39, 0.29) is 6.04 Å². The molecule has 1 N–H and O–H groups in total. The van der Waals surface area contributed by atoms with Crippen LogP contribution in [0.4, 0.5) is 0 Å². The van der Waals surface area contributed by atoms with E-state index in [1.807, 2.05) is 18.2 Å². The van der Waals surface area contributed by atoms with E-state index < -0.39 is 10.8 Å². The molecule has 0 aromatic heterocycles. The lowest BCUT2D eigenvalue weighted by Crippen LogP contribution is -2.30. The first-order chi connectivity index (χ1) is 10.2. The minimum Gasteiger partial charge on any atom is -0.497 e. The number of hydrogen-bond acceptors (Lipinski definition) is 3. The van der Waals surface area contributed by atoms with Crippen LogP contribution in [0.2, 0.25) is 0 Å². The summed E-state index contributed by atoms with van der Waals surface area (Å²) in [5, 5.41) is 3.87. The van der Waals surface area contributed by atoms with Gasteiger partial charge in [0, 0.05) is 27.8 Å². The molecule has 0 radical (unpaired) electrons. The van der Waals surface area contributed by atoms with E-state index in [1.54, 1.807) is 7.11 Å². The molecule has 1 aliphatic rings. The Morgan fingerprint density at radius 3 is 2.76 bits per heavy atom. The minimum atomic E-state index is -0.750. The van der Waals surface area contributed by atoms with Gasteiger partial charge in [0.2, 0.25) is 0 Å². The second-order valence-corrected chi connectivity index (χ2v) is 7.46. The fraction of sp³-hybridized carbons (Fsp3) is 0.647. The average molecular weight is 309 g/mol. The van der Waals surface area contributed by atoms with Gasteiger partial charge in [-0.2, -0.15) is 0 Å². The number of methoxy groups -OCH3 is 1. The third-order valence-electron chi connectivity index (χ3n) is 4.20. The van der Waals surface area contributed by atoms with Crippen molar-refractivity contribution in [2.45, 2.75) is 50.3 Å². The van der Waals surface area contributed by atoms with Gasteiger partial charge in [-0.25, -0.2) is 0 Å². The quantitative estimate of drug-likeness (QED) is 0.838. The number of hydrogen-bond donors (Lipinski definition) is 1. The van der Waals surface area contributed by atoms with E-state index in [9.17, 15) is 4.21 Å². The van der Waals surface area contributed by atoms with Gasteiger partial charge in [-0.3, -0.25) is 4.21 Å². The summed E-state index contributed by atoms with van der Waals surface area (Å²) in [6.45, 7) is 2.97. The van der Waals surface area contributed by atoms with Gasteiger partial charge >= 0.3 is 0 Å². The molecule has 0 aliphatic heterocycles. The van der Waals surface area contributed by atoms with Crippen LogP contribution in [-0.4, -0.2) is 28.9 Å². The summed E-state index contributed by atoms with van der Waals surface area (Å²) in [7, 11) is 0.932. The van der Waals surface area contributed by atoms with Crippen molar-refractivity contribution in [1.82, 2.24) is 5.32 Å². The first-order valence-electron chi connectivity index (χ1n) is 7.99. The molecule has 1 aromatic rings. The fourth-order valence-electron chi connectivity index (χ4n) is 3.01. The van der Waals surface area contributed by atoms with Gasteiger partial charge in [-0.15, -0.1) is 0 Å². The molecular formula is C17H27NO2S. The zero-order chi connectivity index (χ0) is 15.1. The maximum absolute atomic E-state index is 12.7. The Morgan fingerprint density at radius 2 is 2.10 bits per heavy atom. The predicted molar refractivity (Wildman–Crippen MR) is 89.3 cm³/mol. The van der Waals surface area contributed by atoms with Gasteiger partial charge < -0.3 is 10.1 Å². The van der Waals surface area contributed by atoms with Crippen LogP contribution in [0.25, 0.3) is 0 Å².